The van der Waals surface area contributed by atoms with E-state index in [1.165, 1.54) is 6.33 Å². The molecular weight excluding hydrogens is 320 g/mol. The average molecular weight is 338 g/mol. The number of morpholine rings is 1. The number of hydrogen-bond donors (Lipinski definition) is 1. The number of carbonyl (C=O) groups excluding carboxylic acids is 1. The van der Waals surface area contributed by atoms with Crippen molar-refractivity contribution in [2.75, 3.05) is 24.7 Å². The molecule has 8 heteroatoms. The maximum atomic E-state index is 11.4. The van der Waals surface area contributed by atoms with E-state index in [0.29, 0.717) is 19.8 Å². The van der Waals surface area contributed by atoms with Crippen LogP contribution in [0.1, 0.15) is 6.42 Å². The van der Waals surface area contributed by atoms with Crippen LogP contribution in [-0.2, 0) is 9.53 Å². The first kappa shape index (κ1) is 15.5. The summed E-state index contributed by atoms with van der Waals surface area (Å²) in [6, 6.07) is 9.67. The first-order valence-electron chi connectivity index (χ1n) is 8.11. The number of hydrogen-bond acceptors (Lipinski definition) is 6. The number of fused-ring (bicyclic) bond motifs is 1. The molecule has 1 saturated heterocycles. The molecule has 1 aliphatic rings. The van der Waals surface area contributed by atoms with E-state index in [-0.39, 0.29) is 18.4 Å². The van der Waals surface area contributed by atoms with E-state index in [9.17, 15) is 4.79 Å². The molecule has 4 rings (SSSR count). The molecule has 8 nitrogen and oxygen atoms in total. The molecule has 0 spiro atoms. The zero-order valence-electron chi connectivity index (χ0n) is 13.6. The third kappa shape index (κ3) is 2.91. The van der Waals surface area contributed by atoms with Crippen LogP contribution >= 0.6 is 0 Å². The van der Waals surface area contributed by atoms with Gasteiger partial charge < -0.3 is 15.4 Å². The van der Waals surface area contributed by atoms with E-state index < -0.39 is 0 Å². The Morgan fingerprint density at radius 2 is 2.12 bits per heavy atom. The van der Waals surface area contributed by atoms with Gasteiger partial charge in [0.05, 0.1) is 36.5 Å². The Kier molecular flexibility index (Phi) is 4.02. The van der Waals surface area contributed by atoms with Crippen LogP contribution in [0.25, 0.3) is 16.7 Å². The molecule has 1 atom stereocenters. The Bertz CT molecular complexity index is 895. The molecule has 0 bridgehead atoms. The summed E-state index contributed by atoms with van der Waals surface area (Å²) in [6.07, 6.45) is 3.50. The largest absolute Gasteiger partial charge is 0.377 e. The fourth-order valence-electron chi connectivity index (χ4n) is 3.15. The summed E-state index contributed by atoms with van der Waals surface area (Å²) in [5, 5.41) is 5.31. The van der Waals surface area contributed by atoms with Gasteiger partial charge in [0.1, 0.15) is 12.1 Å². The van der Waals surface area contributed by atoms with Crippen molar-refractivity contribution in [3.8, 4) is 5.69 Å². The first-order valence-corrected chi connectivity index (χ1v) is 8.11. The van der Waals surface area contributed by atoms with Gasteiger partial charge in [0.15, 0.2) is 5.65 Å². The van der Waals surface area contributed by atoms with Crippen molar-refractivity contribution < 1.29 is 9.53 Å². The molecule has 1 aliphatic heterocycles. The molecule has 1 fully saturated rings. The minimum Gasteiger partial charge on any atom is -0.377 e. The van der Waals surface area contributed by atoms with Gasteiger partial charge in [0.2, 0.25) is 5.91 Å². The molecule has 2 aromatic heterocycles. The summed E-state index contributed by atoms with van der Waals surface area (Å²) in [5.41, 5.74) is 7.04. The summed E-state index contributed by atoms with van der Waals surface area (Å²) in [7, 11) is 0. The van der Waals surface area contributed by atoms with E-state index in [1.54, 1.807) is 10.9 Å². The highest BCUT2D eigenvalue weighted by molar-refractivity contribution is 5.88. The topological polar surface area (TPSA) is 99.2 Å². The minimum atomic E-state index is -0.356. The maximum absolute atomic E-state index is 11.4. The fourth-order valence-corrected chi connectivity index (χ4v) is 3.15. The van der Waals surface area contributed by atoms with Crippen molar-refractivity contribution in [3.63, 3.8) is 0 Å². The zero-order chi connectivity index (χ0) is 17.2. The molecule has 0 radical (unpaired) electrons. The lowest BCUT2D eigenvalue weighted by Crippen LogP contribution is -2.47. The van der Waals surface area contributed by atoms with Crippen molar-refractivity contribution in [1.29, 1.82) is 0 Å². The standard InChI is InChI=1S/C17H18N6O2/c18-15(24)8-13-10-25-7-6-22(13)16-14-9-21-23(17(14)20-11-19-16)12-4-2-1-3-5-12/h1-5,9,11,13H,6-8,10H2,(H2,18,24). The van der Waals surface area contributed by atoms with E-state index in [1.807, 2.05) is 30.3 Å². The Morgan fingerprint density at radius 3 is 2.92 bits per heavy atom. The summed E-state index contributed by atoms with van der Waals surface area (Å²) in [5.74, 6) is 0.396. The second kappa shape index (κ2) is 6.48. The SMILES string of the molecule is NC(=O)CC1COCCN1c1ncnc2c1cnn2-c1ccccc1. The number of nitrogens with zero attached hydrogens (tertiary/aromatic N) is 5. The highest BCUT2D eigenvalue weighted by Crippen LogP contribution is 2.27. The summed E-state index contributed by atoms with van der Waals surface area (Å²) in [4.78, 5) is 22.3. The van der Waals surface area contributed by atoms with Crippen LogP contribution in [0.5, 0.6) is 0 Å². The molecule has 25 heavy (non-hydrogen) atoms. The lowest BCUT2D eigenvalue weighted by Gasteiger charge is -2.36. The van der Waals surface area contributed by atoms with E-state index in [2.05, 4.69) is 20.0 Å². The molecule has 2 N–H and O–H groups in total. The maximum Gasteiger partial charge on any atom is 0.219 e. The van der Waals surface area contributed by atoms with Gasteiger partial charge in [-0.25, -0.2) is 14.6 Å². The highest BCUT2D eigenvalue weighted by atomic mass is 16.5. The smallest absolute Gasteiger partial charge is 0.219 e. The number of carbonyl (C=O) groups is 1. The number of benzene rings is 1. The molecule has 0 saturated carbocycles. The lowest BCUT2D eigenvalue weighted by molar-refractivity contribution is -0.118. The van der Waals surface area contributed by atoms with E-state index >= 15 is 0 Å². The van der Waals surface area contributed by atoms with E-state index in [0.717, 1.165) is 22.5 Å². The van der Waals surface area contributed by atoms with Crippen LogP contribution in [0.15, 0.2) is 42.9 Å². The molecule has 0 aliphatic carbocycles. The average Bonchev–Trinajstić information content (AvgIpc) is 3.07. The summed E-state index contributed by atoms with van der Waals surface area (Å²) in [6.45, 7) is 1.66. The number of rotatable bonds is 4. The monoisotopic (exact) mass is 338 g/mol. The number of nitrogens with two attached hydrogens (primary N) is 1. The van der Waals surface area contributed by atoms with Gasteiger partial charge in [-0.2, -0.15) is 5.10 Å². The number of amides is 1. The first-order chi connectivity index (χ1) is 12.2. The Labute approximate surface area is 144 Å². The van der Waals surface area contributed by atoms with E-state index in [4.69, 9.17) is 10.5 Å². The van der Waals surface area contributed by atoms with Crippen molar-refractivity contribution in [2.24, 2.45) is 5.73 Å². The van der Waals surface area contributed by atoms with Crippen LogP contribution < -0.4 is 10.6 Å². The van der Waals surface area contributed by atoms with Gasteiger partial charge in [-0.05, 0) is 12.1 Å². The predicted molar refractivity (Wildman–Crippen MR) is 92.4 cm³/mol. The second-order valence-electron chi connectivity index (χ2n) is 5.92. The summed E-state index contributed by atoms with van der Waals surface area (Å²) >= 11 is 0. The molecule has 1 amide bonds. The van der Waals surface area contributed by atoms with Gasteiger partial charge in [-0.1, -0.05) is 18.2 Å². The van der Waals surface area contributed by atoms with Crippen LogP contribution in [0.3, 0.4) is 0 Å². The number of aromatic nitrogens is 4. The Hall–Kier alpha value is -3.00. The van der Waals surface area contributed by atoms with Gasteiger partial charge >= 0.3 is 0 Å². The molecule has 1 aromatic carbocycles. The van der Waals surface area contributed by atoms with Crippen molar-refractivity contribution in [1.82, 2.24) is 19.7 Å². The number of para-hydroxylation sites is 1. The van der Waals surface area contributed by atoms with Crippen LogP contribution in [-0.4, -0.2) is 51.5 Å². The quantitative estimate of drug-likeness (QED) is 0.759. The fraction of sp³-hybridized carbons (Fsp3) is 0.294. The van der Waals surface area contributed by atoms with Gasteiger partial charge in [-0.3, -0.25) is 4.79 Å². The molecule has 3 heterocycles. The normalized spacial score (nSPS) is 17.8. The minimum absolute atomic E-state index is 0.135. The number of anilines is 1. The molecule has 1 unspecified atom stereocenters. The summed E-state index contributed by atoms with van der Waals surface area (Å²) < 4.78 is 7.29. The van der Waals surface area contributed by atoms with Crippen molar-refractivity contribution in [2.45, 2.75) is 12.5 Å². The zero-order valence-corrected chi connectivity index (χ0v) is 13.6. The number of primary amides is 1. The van der Waals surface area contributed by atoms with Crippen molar-refractivity contribution >= 4 is 22.8 Å². The predicted octanol–water partition coefficient (Wildman–Crippen LogP) is 0.896. The number of ether oxygens (including phenoxy) is 1. The highest BCUT2D eigenvalue weighted by Gasteiger charge is 2.28. The van der Waals surface area contributed by atoms with Crippen LogP contribution in [0, 0.1) is 0 Å². The molecule has 3 aromatic rings. The van der Waals surface area contributed by atoms with Gasteiger partial charge in [0, 0.05) is 13.0 Å². The Morgan fingerprint density at radius 1 is 1.28 bits per heavy atom. The molecule has 128 valence electrons. The Balaban J connectivity index is 1.77. The molecular formula is C17H18N6O2. The van der Waals surface area contributed by atoms with Gasteiger partial charge in [-0.15, -0.1) is 0 Å². The lowest BCUT2D eigenvalue weighted by atomic mass is 10.1. The third-order valence-corrected chi connectivity index (χ3v) is 4.28. The third-order valence-electron chi connectivity index (χ3n) is 4.28. The van der Waals surface area contributed by atoms with Crippen LogP contribution in [0.2, 0.25) is 0 Å². The second-order valence-corrected chi connectivity index (χ2v) is 5.92. The van der Waals surface area contributed by atoms with Crippen molar-refractivity contribution in [3.05, 3.63) is 42.9 Å². The van der Waals surface area contributed by atoms with Crippen LogP contribution in [0.4, 0.5) is 5.82 Å². The van der Waals surface area contributed by atoms with Gasteiger partial charge in [0.25, 0.3) is 0 Å².